The molecule has 1 atom stereocenters. The highest BCUT2D eigenvalue weighted by molar-refractivity contribution is 5.38. The van der Waals surface area contributed by atoms with E-state index in [0.717, 1.165) is 31.5 Å². The number of nitrogens with one attached hydrogen (secondary N) is 1. The van der Waals surface area contributed by atoms with Gasteiger partial charge < -0.3 is 10.1 Å². The number of nitrogens with zero attached hydrogens (tertiary/aromatic N) is 2. The standard InChI is InChI=1S/C16H25N3O2/c1-2-9-17-13-10-15(20)19(18-11-13)12-14-5-8-16(21-14)6-3-4-7-16/h10-11,14,17H,2-9,12H2,1H3. The Balaban J connectivity index is 1.61. The summed E-state index contributed by atoms with van der Waals surface area (Å²) < 4.78 is 7.79. The van der Waals surface area contributed by atoms with Crippen molar-refractivity contribution in [2.24, 2.45) is 0 Å². The van der Waals surface area contributed by atoms with Crippen LogP contribution in [0.25, 0.3) is 0 Å². The van der Waals surface area contributed by atoms with Crippen LogP contribution >= 0.6 is 0 Å². The molecule has 0 aromatic carbocycles. The summed E-state index contributed by atoms with van der Waals surface area (Å²) in [5.41, 5.74) is 0.876. The predicted molar refractivity (Wildman–Crippen MR) is 82.6 cm³/mol. The second kappa shape index (κ2) is 6.18. The van der Waals surface area contributed by atoms with E-state index in [-0.39, 0.29) is 17.3 Å². The molecule has 116 valence electrons. The van der Waals surface area contributed by atoms with Crippen LogP contribution < -0.4 is 10.9 Å². The van der Waals surface area contributed by atoms with Crippen molar-refractivity contribution in [2.45, 2.75) is 70.1 Å². The Labute approximate surface area is 125 Å². The zero-order chi connectivity index (χ0) is 14.7. The molecule has 1 saturated heterocycles. The van der Waals surface area contributed by atoms with Crippen LogP contribution in [0.15, 0.2) is 17.1 Å². The lowest BCUT2D eigenvalue weighted by atomic mass is 9.98. The SMILES string of the molecule is CCCNc1cnn(CC2CCC3(CCCC3)O2)c(=O)c1. The highest BCUT2D eigenvalue weighted by Crippen LogP contribution is 2.43. The van der Waals surface area contributed by atoms with Crippen molar-refractivity contribution in [1.82, 2.24) is 9.78 Å². The Bertz CT molecular complexity index is 535. The lowest BCUT2D eigenvalue weighted by Crippen LogP contribution is -2.31. The van der Waals surface area contributed by atoms with Crippen molar-refractivity contribution in [3.8, 4) is 0 Å². The summed E-state index contributed by atoms with van der Waals surface area (Å²) in [5, 5.41) is 7.46. The van der Waals surface area contributed by atoms with Gasteiger partial charge in [-0.25, -0.2) is 4.68 Å². The molecule has 5 heteroatoms. The monoisotopic (exact) mass is 291 g/mol. The van der Waals surface area contributed by atoms with E-state index in [4.69, 9.17) is 4.74 Å². The summed E-state index contributed by atoms with van der Waals surface area (Å²) in [7, 11) is 0. The van der Waals surface area contributed by atoms with Gasteiger partial charge in [0.1, 0.15) is 0 Å². The van der Waals surface area contributed by atoms with Gasteiger partial charge in [-0.1, -0.05) is 19.8 Å². The topological polar surface area (TPSA) is 56.1 Å². The third kappa shape index (κ3) is 3.28. The van der Waals surface area contributed by atoms with E-state index in [1.807, 2.05) is 0 Å². The van der Waals surface area contributed by atoms with Crippen molar-refractivity contribution in [1.29, 1.82) is 0 Å². The fourth-order valence-corrected chi connectivity index (χ4v) is 3.54. The number of ether oxygens (including phenoxy) is 1. The smallest absolute Gasteiger partial charge is 0.268 e. The third-order valence-electron chi connectivity index (χ3n) is 4.68. The first-order valence-corrected chi connectivity index (χ1v) is 8.20. The highest BCUT2D eigenvalue weighted by atomic mass is 16.5. The molecule has 3 rings (SSSR count). The van der Waals surface area contributed by atoms with Crippen molar-refractivity contribution >= 4 is 5.69 Å². The van der Waals surface area contributed by atoms with E-state index in [0.29, 0.717) is 6.54 Å². The molecule has 1 aliphatic heterocycles. The number of anilines is 1. The van der Waals surface area contributed by atoms with Gasteiger partial charge in [0.2, 0.25) is 0 Å². The molecule has 1 saturated carbocycles. The van der Waals surface area contributed by atoms with E-state index < -0.39 is 0 Å². The van der Waals surface area contributed by atoms with Gasteiger partial charge in [0.25, 0.3) is 5.56 Å². The maximum atomic E-state index is 12.1. The Kier molecular flexibility index (Phi) is 4.29. The maximum Gasteiger partial charge on any atom is 0.268 e. The summed E-state index contributed by atoms with van der Waals surface area (Å²) in [6.07, 6.45) is 10.0. The minimum Gasteiger partial charge on any atom is -0.384 e. The number of rotatable bonds is 5. The molecule has 1 unspecified atom stereocenters. The van der Waals surface area contributed by atoms with Crippen LogP contribution in [0.5, 0.6) is 0 Å². The average Bonchev–Trinajstić information content (AvgIpc) is 3.10. The quantitative estimate of drug-likeness (QED) is 0.906. The first-order valence-electron chi connectivity index (χ1n) is 8.20. The van der Waals surface area contributed by atoms with Gasteiger partial charge in [-0.3, -0.25) is 4.79 Å². The van der Waals surface area contributed by atoms with E-state index >= 15 is 0 Å². The molecule has 1 spiro atoms. The van der Waals surface area contributed by atoms with Crippen LogP contribution in [0, 0.1) is 0 Å². The van der Waals surface area contributed by atoms with Crippen LogP contribution in [0.4, 0.5) is 5.69 Å². The molecule has 2 fully saturated rings. The number of hydrogen-bond donors (Lipinski definition) is 1. The number of aromatic nitrogens is 2. The van der Waals surface area contributed by atoms with Crippen molar-refractivity contribution in [2.75, 3.05) is 11.9 Å². The predicted octanol–water partition coefficient (Wildman–Crippen LogP) is 2.56. The summed E-state index contributed by atoms with van der Waals surface area (Å²) in [6.45, 7) is 3.53. The highest BCUT2D eigenvalue weighted by Gasteiger charge is 2.42. The Morgan fingerprint density at radius 1 is 1.43 bits per heavy atom. The van der Waals surface area contributed by atoms with Crippen molar-refractivity contribution in [3.05, 3.63) is 22.6 Å². The lowest BCUT2D eigenvalue weighted by molar-refractivity contribution is -0.0433. The molecule has 0 amide bonds. The molecule has 1 aromatic heterocycles. The van der Waals surface area contributed by atoms with Crippen LogP contribution in [0.3, 0.4) is 0 Å². The summed E-state index contributed by atoms with van der Waals surface area (Å²) in [5.74, 6) is 0. The molecule has 21 heavy (non-hydrogen) atoms. The Morgan fingerprint density at radius 3 is 2.95 bits per heavy atom. The fourth-order valence-electron chi connectivity index (χ4n) is 3.54. The Hall–Kier alpha value is -1.36. The van der Waals surface area contributed by atoms with E-state index in [1.165, 1.54) is 30.4 Å². The minimum atomic E-state index is -0.0490. The fraction of sp³-hybridized carbons (Fsp3) is 0.750. The second-order valence-corrected chi connectivity index (χ2v) is 6.36. The summed E-state index contributed by atoms with van der Waals surface area (Å²) in [6, 6.07) is 1.63. The molecule has 2 heterocycles. The third-order valence-corrected chi connectivity index (χ3v) is 4.68. The van der Waals surface area contributed by atoms with E-state index in [2.05, 4.69) is 17.3 Å². The van der Waals surface area contributed by atoms with Crippen LogP contribution in [0.1, 0.15) is 51.9 Å². The van der Waals surface area contributed by atoms with Gasteiger partial charge in [-0.15, -0.1) is 0 Å². The average molecular weight is 291 g/mol. The van der Waals surface area contributed by atoms with Crippen LogP contribution in [0.2, 0.25) is 0 Å². The van der Waals surface area contributed by atoms with Gasteiger partial charge in [0.05, 0.1) is 30.1 Å². The van der Waals surface area contributed by atoms with Gasteiger partial charge in [-0.05, 0) is 32.1 Å². The van der Waals surface area contributed by atoms with Gasteiger partial charge in [0.15, 0.2) is 0 Å². The Morgan fingerprint density at radius 2 is 2.24 bits per heavy atom. The minimum absolute atomic E-state index is 0.0490. The molecule has 2 aliphatic rings. The van der Waals surface area contributed by atoms with Crippen molar-refractivity contribution in [3.63, 3.8) is 0 Å². The zero-order valence-corrected chi connectivity index (χ0v) is 12.8. The van der Waals surface area contributed by atoms with Gasteiger partial charge in [-0.2, -0.15) is 5.10 Å². The summed E-state index contributed by atoms with van der Waals surface area (Å²) >= 11 is 0. The first-order chi connectivity index (χ1) is 10.2. The lowest BCUT2D eigenvalue weighted by Gasteiger charge is -2.23. The molecule has 1 aliphatic carbocycles. The first kappa shape index (κ1) is 14.6. The molecular weight excluding hydrogens is 266 g/mol. The normalized spacial score (nSPS) is 23.8. The van der Waals surface area contributed by atoms with Gasteiger partial charge in [0, 0.05) is 12.6 Å². The largest absolute Gasteiger partial charge is 0.384 e. The molecule has 0 radical (unpaired) electrons. The van der Waals surface area contributed by atoms with Crippen LogP contribution in [-0.4, -0.2) is 28.0 Å². The molecule has 5 nitrogen and oxygen atoms in total. The molecule has 1 N–H and O–H groups in total. The van der Waals surface area contributed by atoms with Crippen molar-refractivity contribution < 1.29 is 4.74 Å². The van der Waals surface area contributed by atoms with Crippen LogP contribution in [-0.2, 0) is 11.3 Å². The second-order valence-electron chi connectivity index (χ2n) is 6.36. The number of hydrogen-bond acceptors (Lipinski definition) is 4. The van der Waals surface area contributed by atoms with E-state index in [9.17, 15) is 4.79 Å². The summed E-state index contributed by atoms with van der Waals surface area (Å²) in [4.78, 5) is 12.1. The molecule has 1 aromatic rings. The van der Waals surface area contributed by atoms with Gasteiger partial charge >= 0.3 is 0 Å². The molecular formula is C16H25N3O2. The van der Waals surface area contributed by atoms with E-state index in [1.54, 1.807) is 12.3 Å². The molecule has 0 bridgehead atoms. The maximum absolute atomic E-state index is 12.1. The zero-order valence-electron chi connectivity index (χ0n) is 12.8.